The number of anilines is 1. The van der Waals surface area contributed by atoms with E-state index in [0.29, 0.717) is 6.42 Å². The van der Waals surface area contributed by atoms with Crippen molar-refractivity contribution in [3.05, 3.63) is 36.2 Å². The molecule has 1 aromatic carbocycles. The Hall–Kier alpha value is -2.14. The van der Waals surface area contributed by atoms with E-state index >= 15 is 0 Å². The monoisotopic (exact) mass is 296 g/mol. The van der Waals surface area contributed by atoms with E-state index in [1.54, 1.807) is 0 Å². The lowest BCUT2D eigenvalue weighted by molar-refractivity contribution is -0.115. The third kappa shape index (κ3) is 2.52. The third-order valence-corrected chi connectivity index (χ3v) is 4.55. The van der Waals surface area contributed by atoms with Crippen molar-refractivity contribution in [1.82, 2.24) is 14.7 Å². The number of amides is 1. The Morgan fingerprint density at radius 2 is 2.05 bits per heavy atom. The number of benzene rings is 1. The summed E-state index contributed by atoms with van der Waals surface area (Å²) in [5, 5.41) is 7.44. The summed E-state index contributed by atoms with van der Waals surface area (Å²) in [5.74, 6) is 0.0730. The van der Waals surface area contributed by atoms with Crippen LogP contribution in [-0.4, -0.2) is 40.2 Å². The maximum Gasteiger partial charge on any atom is 0.228 e. The van der Waals surface area contributed by atoms with Crippen molar-refractivity contribution in [1.29, 1.82) is 0 Å². The largest absolute Gasteiger partial charge is 0.325 e. The van der Waals surface area contributed by atoms with Crippen LogP contribution in [0.15, 0.2) is 30.6 Å². The predicted octanol–water partition coefficient (Wildman–Crippen LogP) is 2.14. The van der Waals surface area contributed by atoms with E-state index in [-0.39, 0.29) is 5.91 Å². The molecule has 0 unspecified atom stereocenters. The minimum absolute atomic E-state index is 0.0730. The zero-order valence-electron chi connectivity index (χ0n) is 12.6. The molecule has 2 aliphatic rings. The summed E-state index contributed by atoms with van der Waals surface area (Å²) in [7, 11) is 0. The van der Waals surface area contributed by atoms with Gasteiger partial charge in [-0.15, -0.1) is 0 Å². The Bertz CT molecular complexity index is 700. The quantitative estimate of drug-likeness (QED) is 0.940. The van der Waals surface area contributed by atoms with Crippen molar-refractivity contribution in [2.75, 3.05) is 25.0 Å². The van der Waals surface area contributed by atoms with Crippen molar-refractivity contribution in [3.63, 3.8) is 0 Å². The van der Waals surface area contributed by atoms with Gasteiger partial charge in [-0.2, -0.15) is 5.10 Å². The molecule has 1 saturated heterocycles. The lowest BCUT2D eigenvalue weighted by Crippen LogP contribution is -2.24. The van der Waals surface area contributed by atoms with E-state index in [4.69, 9.17) is 0 Å². The van der Waals surface area contributed by atoms with Crippen LogP contribution in [0.2, 0.25) is 0 Å². The van der Waals surface area contributed by atoms with E-state index in [9.17, 15) is 4.79 Å². The maximum absolute atomic E-state index is 11.6. The predicted molar refractivity (Wildman–Crippen MR) is 85.7 cm³/mol. The molecule has 0 radical (unpaired) electrons. The molecule has 0 aliphatic carbocycles. The van der Waals surface area contributed by atoms with Gasteiger partial charge < -0.3 is 10.2 Å². The van der Waals surface area contributed by atoms with Crippen molar-refractivity contribution in [2.45, 2.75) is 25.8 Å². The molecule has 22 heavy (non-hydrogen) atoms. The van der Waals surface area contributed by atoms with E-state index in [2.05, 4.69) is 21.5 Å². The van der Waals surface area contributed by atoms with Gasteiger partial charge in [0.25, 0.3) is 0 Å². The number of rotatable bonds is 4. The normalized spacial score (nSPS) is 17.7. The highest BCUT2D eigenvalue weighted by molar-refractivity contribution is 6.03. The summed E-state index contributed by atoms with van der Waals surface area (Å²) < 4.78 is 2.00. The second kappa shape index (κ2) is 5.57. The van der Waals surface area contributed by atoms with Crippen LogP contribution >= 0.6 is 0 Å². The Balaban J connectivity index is 1.52. The Labute approximate surface area is 129 Å². The van der Waals surface area contributed by atoms with Crippen LogP contribution < -0.4 is 5.32 Å². The molecule has 1 amide bonds. The zero-order valence-corrected chi connectivity index (χ0v) is 12.6. The summed E-state index contributed by atoms with van der Waals surface area (Å²) in [6, 6.07) is 6.07. The van der Waals surface area contributed by atoms with Crippen LogP contribution in [0.1, 0.15) is 18.4 Å². The Morgan fingerprint density at radius 3 is 2.91 bits per heavy atom. The lowest BCUT2D eigenvalue weighted by atomic mass is 10.0. The topological polar surface area (TPSA) is 50.2 Å². The highest BCUT2D eigenvalue weighted by atomic mass is 16.1. The third-order valence-electron chi connectivity index (χ3n) is 4.55. The van der Waals surface area contributed by atoms with Crippen molar-refractivity contribution < 1.29 is 4.79 Å². The number of hydrogen-bond acceptors (Lipinski definition) is 3. The van der Waals surface area contributed by atoms with Gasteiger partial charge in [-0.25, -0.2) is 0 Å². The molecule has 2 aromatic rings. The SMILES string of the molecule is O=C1Cc2cccc(-c3cnn(CCN4CCCC4)c3)c2N1. The van der Waals surface area contributed by atoms with Gasteiger partial charge in [0.1, 0.15) is 0 Å². The lowest BCUT2D eigenvalue weighted by Gasteiger charge is -2.13. The first-order valence-corrected chi connectivity index (χ1v) is 7.96. The van der Waals surface area contributed by atoms with E-state index in [1.807, 2.05) is 29.1 Å². The second-order valence-electron chi connectivity index (χ2n) is 6.11. The molecule has 0 saturated carbocycles. The molecule has 4 rings (SSSR count). The fourth-order valence-corrected chi connectivity index (χ4v) is 3.37. The minimum atomic E-state index is 0.0730. The molecule has 0 atom stereocenters. The summed E-state index contributed by atoms with van der Waals surface area (Å²) in [5.41, 5.74) is 4.16. The van der Waals surface area contributed by atoms with Gasteiger partial charge >= 0.3 is 0 Å². The van der Waals surface area contributed by atoms with Crippen molar-refractivity contribution in [2.24, 2.45) is 0 Å². The van der Waals surface area contributed by atoms with Crippen molar-refractivity contribution >= 4 is 11.6 Å². The fourth-order valence-electron chi connectivity index (χ4n) is 3.37. The number of carbonyl (C=O) groups is 1. The number of nitrogens with zero attached hydrogens (tertiary/aromatic N) is 3. The average Bonchev–Trinajstić information content (AvgIpc) is 3.24. The summed E-state index contributed by atoms with van der Waals surface area (Å²) >= 11 is 0. The highest BCUT2D eigenvalue weighted by Gasteiger charge is 2.21. The number of hydrogen-bond donors (Lipinski definition) is 1. The van der Waals surface area contributed by atoms with Gasteiger partial charge in [-0.3, -0.25) is 9.48 Å². The molecule has 5 nitrogen and oxygen atoms in total. The summed E-state index contributed by atoms with van der Waals surface area (Å²) in [4.78, 5) is 14.1. The number of nitrogens with one attached hydrogen (secondary N) is 1. The average molecular weight is 296 g/mol. The number of fused-ring (bicyclic) bond motifs is 1. The Kier molecular flexibility index (Phi) is 3.42. The maximum atomic E-state index is 11.6. The molecule has 1 N–H and O–H groups in total. The highest BCUT2D eigenvalue weighted by Crippen LogP contribution is 2.34. The summed E-state index contributed by atoms with van der Waals surface area (Å²) in [6.45, 7) is 4.41. The van der Waals surface area contributed by atoms with Crippen LogP contribution in [0.4, 0.5) is 5.69 Å². The number of para-hydroxylation sites is 1. The number of carbonyl (C=O) groups excluding carboxylic acids is 1. The first-order valence-electron chi connectivity index (χ1n) is 7.96. The van der Waals surface area contributed by atoms with Gasteiger partial charge in [-0.1, -0.05) is 18.2 Å². The van der Waals surface area contributed by atoms with Crippen LogP contribution in [0.25, 0.3) is 11.1 Å². The molecule has 0 spiro atoms. The summed E-state index contributed by atoms with van der Waals surface area (Å²) in [6.07, 6.45) is 7.09. The van der Waals surface area contributed by atoms with Gasteiger partial charge in [0.05, 0.1) is 24.8 Å². The van der Waals surface area contributed by atoms with Gasteiger partial charge in [0.15, 0.2) is 0 Å². The van der Waals surface area contributed by atoms with E-state index in [0.717, 1.165) is 35.5 Å². The van der Waals surface area contributed by atoms with Crippen LogP contribution in [0, 0.1) is 0 Å². The molecular formula is C17H20N4O. The molecule has 0 bridgehead atoms. The number of likely N-dealkylation sites (tertiary alicyclic amines) is 1. The molecule has 1 aromatic heterocycles. The van der Waals surface area contributed by atoms with Crippen LogP contribution in [0.5, 0.6) is 0 Å². The Morgan fingerprint density at radius 1 is 1.18 bits per heavy atom. The van der Waals surface area contributed by atoms with Crippen LogP contribution in [-0.2, 0) is 17.8 Å². The van der Waals surface area contributed by atoms with Crippen molar-refractivity contribution in [3.8, 4) is 11.1 Å². The standard InChI is InChI=1S/C17H20N4O/c22-16-10-13-4-3-5-15(17(13)19-16)14-11-18-21(12-14)9-8-20-6-1-2-7-20/h3-5,11-12H,1-2,6-10H2,(H,19,22). The molecular weight excluding hydrogens is 276 g/mol. The molecule has 2 aliphatic heterocycles. The first-order chi connectivity index (χ1) is 10.8. The van der Waals surface area contributed by atoms with E-state index < -0.39 is 0 Å². The van der Waals surface area contributed by atoms with Gasteiger partial charge in [0, 0.05) is 23.9 Å². The minimum Gasteiger partial charge on any atom is -0.325 e. The van der Waals surface area contributed by atoms with E-state index in [1.165, 1.54) is 25.9 Å². The molecule has 1 fully saturated rings. The van der Waals surface area contributed by atoms with Gasteiger partial charge in [-0.05, 0) is 31.5 Å². The van der Waals surface area contributed by atoms with Crippen LogP contribution in [0.3, 0.4) is 0 Å². The molecule has 3 heterocycles. The first kappa shape index (κ1) is 13.5. The fraction of sp³-hybridized carbons (Fsp3) is 0.412. The van der Waals surface area contributed by atoms with Gasteiger partial charge in [0.2, 0.25) is 5.91 Å². The smallest absolute Gasteiger partial charge is 0.228 e. The molecule has 114 valence electrons. The second-order valence-corrected chi connectivity index (χ2v) is 6.11. The zero-order chi connectivity index (χ0) is 14.9. The number of aromatic nitrogens is 2. The molecule has 5 heteroatoms.